The quantitative estimate of drug-likeness (QED) is 0.241. The Morgan fingerprint density at radius 3 is 2.42 bits per heavy atom. The molecule has 0 aliphatic heterocycles. The second-order valence-corrected chi connectivity index (χ2v) is 5.68. The van der Waals surface area contributed by atoms with E-state index in [9.17, 15) is 9.59 Å². The number of rotatable bonds is 3. The van der Waals surface area contributed by atoms with E-state index in [1.165, 1.54) is 13.2 Å². The zero-order chi connectivity index (χ0) is 18.1. The molecule has 0 saturated heterocycles. The molecular formula is C21H14O5. The fourth-order valence-electron chi connectivity index (χ4n) is 2.90. The lowest BCUT2D eigenvalue weighted by Gasteiger charge is -2.09. The van der Waals surface area contributed by atoms with Crippen molar-refractivity contribution >= 4 is 27.7 Å². The lowest BCUT2D eigenvalue weighted by molar-refractivity contribution is 0.0731. The van der Waals surface area contributed by atoms with Gasteiger partial charge < -0.3 is 13.9 Å². The van der Waals surface area contributed by atoms with Crippen LogP contribution in [0.2, 0.25) is 0 Å². The number of esters is 1. The van der Waals surface area contributed by atoms with E-state index in [-0.39, 0.29) is 5.75 Å². The molecule has 0 unspecified atom stereocenters. The van der Waals surface area contributed by atoms with Gasteiger partial charge in [0, 0.05) is 11.5 Å². The Labute approximate surface area is 148 Å². The molecule has 0 aliphatic carbocycles. The maximum atomic E-state index is 12.4. The van der Waals surface area contributed by atoms with E-state index < -0.39 is 11.6 Å². The van der Waals surface area contributed by atoms with Crippen LogP contribution in [0.1, 0.15) is 10.4 Å². The first kappa shape index (κ1) is 15.9. The summed E-state index contributed by atoms with van der Waals surface area (Å²) >= 11 is 0. The highest BCUT2D eigenvalue weighted by Crippen LogP contribution is 2.27. The maximum absolute atomic E-state index is 12.4. The second-order valence-electron chi connectivity index (χ2n) is 5.68. The van der Waals surface area contributed by atoms with Gasteiger partial charge in [-0.2, -0.15) is 0 Å². The van der Waals surface area contributed by atoms with Crippen LogP contribution in [0, 0.1) is 0 Å². The highest BCUT2D eigenvalue weighted by Gasteiger charge is 2.15. The minimum atomic E-state index is -0.551. The number of carbonyl (C=O) groups excluding carboxylic acids is 1. The van der Waals surface area contributed by atoms with Crippen LogP contribution in [0.5, 0.6) is 11.5 Å². The van der Waals surface area contributed by atoms with Gasteiger partial charge in [0.25, 0.3) is 0 Å². The molecule has 0 fully saturated rings. The van der Waals surface area contributed by atoms with Crippen molar-refractivity contribution in [3.8, 4) is 11.5 Å². The van der Waals surface area contributed by atoms with Crippen molar-refractivity contribution in [2.75, 3.05) is 7.11 Å². The molecule has 1 aromatic heterocycles. The summed E-state index contributed by atoms with van der Waals surface area (Å²) in [7, 11) is 1.49. The zero-order valence-electron chi connectivity index (χ0n) is 13.9. The normalized spacial score (nSPS) is 10.8. The van der Waals surface area contributed by atoms with Gasteiger partial charge in [-0.05, 0) is 35.7 Å². The molecule has 0 amide bonds. The first-order valence-corrected chi connectivity index (χ1v) is 7.98. The molecule has 128 valence electrons. The van der Waals surface area contributed by atoms with Gasteiger partial charge in [0.1, 0.15) is 22.6 Å². The first-order chi connectivity index (χ1) is 12.7. The molecule has 0 saturated carbocycles. The van der Waals surface area contributed by atoms with E-state index in [4.69, 9.17) is 13.9 Å². The van der Waals surface area contributed by atoms with Crippen LogP contribution in [-0.4, -0.2) is 13.1 Å². The molecule has 3 aromatic carbocycles. The Bertz CT molecular complexity index is 1190. The fraction of sp³-hybridized carbons (Fsp3) is 0.0476. The fourth-order valence-corrected chi connectivity index (χ4v) is 2.90. The number of benzene rings is 3. The molecule has 0 bridgehead atoms. The van der Waals surface area contributed by atoms with Gasteiger partial charge in [-0.25, -0.2) is 9.59 Å². The van der Waals surface area contributed by atoms with Gasteiger partial charge in [0.15, 0.2) is 0 Å². The Balaban J connectivity index is 1.75. The number of carbonyl (C=O) groups is 1. The number of para-hydroxylation sites is 1. The molecule has 1 heterocycles. The molecular weight excluding hydrogens is 332 g/mol. The molecule has 0 spiro atoms. The van der Waals surface area contributed by atoms with Gasteiger partial charge in [0.2, 0.25) is 0 Å². The molecule has 26 heavy (non-hydrogen) atoms. The molecule has 0 N–H and O–H groups in total. The van der Waals surface area contributed by atoms with Crippen molar-refractivity contribution < 1.29 is 18.7 Å². The average molecular weight is 346 g/mol. The summed E-state index contributed by atoms with van der Waals surface area (Å²) in [6, 6.07) is 19.0. The van der Waals surface area contributed by atoms with Gasteiger partial charge in [-0.3, -0.25) is 0 Å². The monoisotopic (exact) mass is 346 g/mol. The molecule has 0 atom stereocenters. The third-order valence-corrected chi connectivity index (χ3v) is 4.13. The van der Waals surface area contributed by atoms with E-state index in [0.717, 1.165) is 10.8 Å². The van der Waals surface area contributed by atoms with Crippen molar-refractivity contribution in [3.63, 3.8) is 0 Å². The summed E-state index contributed by atoms with van der Waals surface area (Å²) in [6.07, 6.45) is 0. The van der Waals surface area contributed by atoms with Crippen LogP contribution in [0.25, 0.3) is 21.7 Å². The number of methoxy groups -OCH3 is 1. The van der Waals surface area contributed by atoms with E-state index >= 15 is 0 Å². The Kier molecular flexibility index (Phi) is 3.89. The Morgan fingerprint density at radius 2 is 1.62 bits per heavy atom. The van der Waals surface area contributed by atoms with E-state index in [1.807, 2.05) is 12.1 Å². The summed E-state index contributed by atoms with van der Waals surface area (Å²) in [5.74, 6) is 0.160. The molecule has 5 heteroatoms. The number of hydrogen-bond acceptors (Lipinski definition) is 5. The first-order valence-electron chi connectivity index (χ1n) is 7.98. The minimum absolute atomic E-state index is 0.284. The van der Waals surface area contributed by atoms with Crippen LogP contribution in [0.15, 0.2) is 75.9 Å². The van der Waals surface area contributed by atoms with Crippen molar-refractivity contribution in [3.05, 3.63) is 82.7 Å². The molecule has 0 aliphatic rings. The molecule has 5 nitrogen and oxygen atoms in total. The van der Waals surface area contributed by atoms with Crippen LogP contribution in [0.3, 0.4) is 0 Å². The lowest BCUT2D eigenvalue weighted by Crippen LogP contribution is -2.10. The number of hydrogen-bond donors (Lipinski definition) is 0. The summed E-state index contributed by atoms with van der Waals surface area (Å²) in [5.41, 5.74) is 0.246. The van der Waals surface area contributed by atoms with Crippen LogP contribution in [-0.2, 0) is 0 Å². The Morgan fingerprint density at radius 1 is 0.885 bits per heavy atom. The van der Waals surface area contributed by atoms with E-state index in [2.05, 4.69) is 0 Å². The summed E-state index contributed by atoms with van der Waals surface area (Å²) < 4.78 is 16.0. The highest BCUT2D eigenvalue weighted by molar-refractivity contribution is 6.04. The van der Waals surface area contributed by atoms with Crippen molar-refractivity contribution in [2.45, 2.75) is 0 Å². The van der Waals surface area contributed by atoms with Gasteiger partial charge in [0.05, 0.1) is 12.5 Å². The van der Waals surface area contributed by atoms with Gasteiger partial charge >= 0.3 is 11.6 Å². The van der Waals surface area contributed by atoms with E-state index in [0.29, 0.717) is 22.3 Å². The second kappa shape index (κ2) is 6.37. The summed E-state index contributed by atoms with van der Waals surface area (Å²) in [4.78, 5) is 24.6. The topological polar surface area (TPSA) is 65.7 Å². The molecule has 4 aromatic rings. The zero-order valence-corrected chi connectivity index (χ0v) is 13.9. The standard InChI is InChI=1S/C21H14O5/c1-24-18-9-5-4-8-17(18)21(23)25-13-10-11-15-14-6-2-3-7-16(14)20(22)26-19(15)12-13/h2-12H,1H3. The van der Waals surface area contributed by atoms with Crippen LogP contribution in [0.4, 0.5) is 0 Å². The van der Waals surface area contributed by atoms with Crippen LogP contribution < -0.4 is 15.1 Å². The lowest BCUT2D eigenvalue weighted by atomic mass is 10.1. The molecule has 4 rings (SSSR count). The number of ether oxygens (including phenoxy) is 2. The summed E-state index contributed by atoms with van der Waals surface area (Å²) in [6.45, 7) is 0. The molecule has 0 radical (unpaired) electrons. The van der Waals surface area contributed by atoms with Crippen LogP contribution >= 0.6 is 0 Å². The Hall–Kier alpha value is -3.60. The predicted molar refractivity (Wildman–Crippen MR) is 97.9 cm³/mol. The average Bonchev–Trinajstić information content (AvgIpc) is 2.68. The number of fused-ring (bicyclic) bond motifs is 3. The van der Waals surface area contributed by atoms with Crippen molar-refractivity contribution in [1.29, 1.82) is 0 Å². The van der Waals surface area contributed by atoms with Gasteiger partial charge in [-0.15, -0.1) is 0 Å². The van der Waals surface area contributed by atoms with Gasteiger partial charge in [-0.1, -0.05) is 30.3 Å². The minimum Gasteiger partial charge on any atom is -0.496 e. The van der Waals surface area contributed by atoms with E-state index in [1.54, 1.807) is 48.5 Å². The third-order valence-electron chi connectivity index (χ3n) is 4.13. The predicted octanol–water partition coefficient (Wildman–Crippen LogP) is 4.17. The van der Waals surface area contributed by atoms with Crippen molar-refractivity contribution in [2.24, 2.45) is 0 Å². The third kappa shape index (κ3) is 2.69. The largest absolute Gasteiger partial charge is 0.496 e. The van der Waals surface area contributed by atoms with Crippen molar-refractivity contribution in [1.82, 2.24) is 0 Å². The highest BCUT2D eigenvalue weighted by atomic mass is 16.5. The summed E-state index contributed by atoms with van der Waals surface area (Å²) in [5, 5.41) is 2.08. The SMILES string of the molecule is COc1ccccc1C(=O)Oc1ccc2c(c1)oc(=O)c1ccccc12. The maximum Gasteiger partial charge on any atom is 0.347 e. The smallest absolute Gasteiger partial charge is 0.347 e.